The lowest BCUT2D eigenvalue weighted by molar-refractivity contribution is 0.0542. The summed E-state index contributed by atoms with van der Waals surface area (Å²) in [5.74, 6) is -0.00454. The van der Waals surface area contributed by atoms with E-state index in [0.717, 1.165) is 16.3 Å². The van der Waals surface area contributed by atoms with Gasteiger partial charge < -0.3 is 15.0 Å². The molecule has 6 heteroatoms. The van der Waals surface area contributed by atoms with Gasteiger partial charge in [0.2, 0.25) is 0 Å². The smallest absolute Gasteiger partial charge is 0.270 e. The molecule has 0 bridgehead atoms. The van der Waals surface area contributed by atoms with Crippen LogP contribution in [0.5, 0.6) is 0 Å². The molecule has 1 saturated heterocycles. The van der Waals surface area contributed by atoms with Crippen LogP contribution in [0.2, 0.25) is 0 Å². The summed E-state index contributed by atoms with van der Waals surface area (Å²) < 4.78 is 0. The molecule has 0 aromatic carbocycles. The third-order valence-electron chi connectivity index (χ3n) is 3.58. The minimum atomic E-state index is -0.267. The molecule has 0 spiro atoms. The molecule has 5 nitrogen and oxygen atoms in total. The summed E-state index contributed by atoms with van der Waals surface area (Å²) in [4.78, 5) is 21.6. The molecule has 0 saturated carbocycles. The Morgan fingerprint density at radius 2 is 2.25 bits per heavy atom. The molecular weight excluding hydrogens is 274 g/mol. The molecule has 1 aliphatic rings. The molecule has 1 fully saturated rings. The average Bonchev–Trinajstić information content (AvgIpc) is 3.07. The van der Waals surface area contributed by atoms with Gasteiger partial charge in [0.15, 0.2) is 0 Å². The van der Waals surface area contributed by atoms with Gasteiger partial charge in [0, 0.05) is 30.2 Å². The van der Waals surface area contributed by atoms with E-state index in [1.807, 2.05) is 24.6 Å². The molecule has 0 radical (unpaired) electrons. The van der Waals surface area contributed by atoms with Crippen molar-refractivity contribution in [1.29, 1.82) is 0 Å². The molecule has 0 aliphatic carbocycles. The first-order valence-corrected chi connectivity index (χ1v) is 7.59. The number of aromatic amines is 1. The van der Waals surface area contributed by atoms with Crippen molar-refractivity contribution in [1.82, 2.24) is 14.9 Å². The predicted octanol–water partition coefficient (Wildman–Crippen LogP) is 2.04. The summed E-state index contributed by atoms with van der Waals surface area (Å²) in [5.41, 5.74) is 2.42. The third-order valence-corrected chi connectivity index (χ3v) is 4.35. The number of nitrogens with one attached hydrogen (secondary N) is 1. The molecule has 20 heavy (non-hydrogen) atoms. The topological polar surface area (TPSA) is 69.2 Å². The van der Waals surface area contributed by atoms with Crippen LogP contribution in [0.4, 0.5) is 0 Å². The number of aliphatic hydroxyl groups is 1. The molecule has 1 amide bonds. The molecule has 106 valence electrons. The first-order chi connectivity index (χ1) is 9.63. The lowest BCUT2D eigenvalue weighted by Crippen LogP contribution is -2.40. The monoisotopic (exact) mass is 291 g/mol. The highest BCUT2D eigenvalue weighted by molar-refractivity contribution is 7.09. The van der Waals surface area contributed by atoms with Crippen molar-refractivity contribution in [3.8, 4) is 11.3 Å². The van der Waals surface area contributed by atoms with Crippen LogP contribution in [-0.2, 0) is 0 Å². The summed E-state index contributed by atoms with van der Waals surface area (Å²) in [6.07, 6.45) is 2.87. The van der Waals surface area contributed by atoms with Crippen LogP contribution in [0.1, 0.15) is 28.3 Å². The second-order valence-corrected chi connectivity index (χ2v) is 6.14. The Hall–Kier alpha value is -1.66. The predicted molar refractivity (Wildman–Crippen MR) is 77.8 cm³/mol. The van der Waals surface area contributed by atoms with Gasteiger partial charge in [0.25, 0.3) is 5.91 Å². The van der Waals surface area contributed by atoms with Gasteiger partial charge in [-0.15, -0.1) is 11.3 Å². The average molecular weight is 291 g/mol. The zero-order chi connectivity index (χ0) is 14.1. The van der Waals surface area contributed by atoms with Crippen LogP contribution in [0.25, 0.3) is 11.3 Å². The van der Waals surface area contributed by atoms with E-state index < -0.39 is 0 Å². The third kappa shape index (κ3) is 2.62. The Balaban J connectivity index is 1.75. The molecule has 0 atom stereocenters. The fourth-order valence-electron chi connectivity index (χ4n) is 2.40. The van der Waals surface area contributed by atoms with Crippen LogP contribution < -0.4 is 0 Å². The van der Waals surface area contributed by atoms with Gasteiger partial charge >= 0.3 is 0 Å². The molecule has 0 unspecified atom stereocenters. The standard InChI is InChI=1S/C14H17N3O2S/c1-9-16-13(8-20-9)10-6-12(15-7-10)14(19)17-4-2-11(18)3-5-17/h6-8,11,15,18H,2-5H2,1H3. The summed E-state index contributed by atoms with van der Waals surface area (Å²) in [5, 5.41) is 12.5. The molecular formula is C14H17N3O2S. The van der Waals surface area contributed by atoms with Gasteiger partial charge in [-0.3, -0.25) is 4.79 Å². The minimum Gasteiger partial charge on any atom is -0.393 e. The number of likely N-dealkylation sites (tertiary alicyclic amines) is 1. The summed E-state index contributed by atoms with van der Waals surface area (Å²) in [6, 6.07) is 1.85. The fourth-order valence-corrected chi connectivity index (χ4v) is 3.02. The normalized spacial score (nSPS) is 16.6. The lowest BCUT2D eigenvalue weighted by atomic mass is 10.1. The molecule has 1 aliphatic heterocycles. The van der Waals surface area contributed by atoms with Crippen molar-refractivity contribution in [2.45, 2.75) is 25.9 Å². The number of amides is 1. The van der Waals surface area contributed by atoms with Crippen molar-refractivity contribution in [3.63, 3.8) is 0 Å². The summed E-state index contributed by atoms with van der Waals surface area (Å²) in [7, 11) is 0. The molecule has 2 aromatic heterocycles. The maximum Gasteiger partial charge on any atom is 0.270 e. The van der Waals surface area contributed by atoms with Gasteiger partial charge in [-0.1, -0.05) is 0 Å². The van der Waals surface area contributed by atoms with E-state index >= 15 is 0 Å². The minimum absolute atomic E-state index is 0.00454. The van der Waals surface area contributed by atoms with Gasteiger partial charge in [0.1, 0.15) is 5.69 Å². The van der Waals surface area contributed by atoms with E-state index in [2.05, 4.69) is 9.97 Å². The van der Waals surface area contributed by atoms with Crippen molar-refractivity contribution < 1.29 is 9.90 Å². The Kier molecular flexibility index (Phi) is 3.58. The van der Waals surface area contributed by atoms with Crippen molar-refractivity contribution in [2.75, 3.05) is 13.1 Å². The molecule has 3 rings (SSSR count). The Morgan fingerprint density at radius 1 is 1.50 bits per heavy atom. The number of rotatable bonds is 2. The molecule has 2 aromatic rings. The highest BCUT2D eigenvalue weighted by Crippen LogP contribution is 2.23. The van der Waals surface area contributed by atoms with Gasteiger partial charge in [0.05, 0.1) is 16.8 Å². The summed E-state index contributed by atoms with van der Waals surface area (Å²) >= 11 is 1.60. The molecule has 2 N–H and O–H groups in total. The Bertz CT molecular complexity index is 611. The number of H-pyrrole nitrogens is 1. The Morgan fingerprint density at radius 3 is 2.90 bits per heavy atom. The number of thiazole rings is 1. The van der Waals surface area contributed by atoms with Crippen LogP contribution in [0.15, 0.2) is 17.6 Å². The highest BCUT2D eigenvalue weighted by Gasteiger charge is 2.23. The number of hydrogen-bond donors (Lipinski definition) is 2. The first kappa shape index (κ1) is 13.3. The lowest BCUT2D eigenvalue weighted by Gasteiger charge is -2.29. The maximum absolute atomic E-state index is 12.4. The number of aromatic nitrogens is 2. The number of carbonyl (C=O) groups is 1. The van der Waals surface area contributed by atoms with E-state index in [1.165, 1.54) is 0 Å². The van der Waals surface area contributed by atoms with Crippen LogP contribution in [-0.4, -0.2) is 45.1 Å². The first-order valence-electron chi connectivity index (χ1n) is 6.72. The van der Waals surface area contributed by atoms with E-state index in [4.69, 9.17) is 0 Å². The van der Waals surface area contributed by atoms with E-state index in [1.54, 1.807) is 16.2 Å². The van der Waals surface area contributed by atoms with E-state index in [9.17, 15) is 9.90 Å². The zero-order valence-electron chi connectivity index (χ0n) is 11.3. The quantitative estimate of drug-likeness (QED) is 0.889. The number of hydrogen-bond acceptors (Lipinski definition) is 4. The SMILES string of the molecule is Cc1nc(-c2c[nH]c(C(=O)N3CCC(O)CC3)c2)cs1. The van der Waals surface area contributed by atoms with Gasteiger partial charge in [-0.05, 0) is 25.8 Å². The van der Waals surface area contributed by atoms with Crippen molar-refractivity contribution in [3.05, 3.63) is 28.3 Å². The Labute approximate surface area is 121 Å². The van der Waals surface area contributed by atoms with Crippen LogP contribution in [0, 0.1) is 6.92 Å². The van der Waals surface area contributed by atoms with Crippen LogP contribution in [0.3, 0.4) is 0 Å². The highest BCUT2D eigenvalue weighted by atomic mass is 32.1. The van der Waals surface area contributed by atoms with Gasteiger partial charge in [-0.25, -0.2) is 4.98 Å². The largest absolute Gasteiger partial charge is 0.393 e. The summed E-state index contributed by atoms with van der Waals surface area (Å²) in [6.45, 7) is 3.19. The number of piperidine rings is 1. The van der Waals surface area contributed by atoms with E-state index in [0.29, 0.717) is 31.6 Å². The fraction of sp³-hybridized carbons (Fsp3) is 0.429. The zero-order valence-corrected chi connectivity index (χ0v) is 12.1. The number of aryl methyl sites for hydroxylation is 1. The van der Waals surface area contributed by atoms with Gasteiger partial charge in [-0.2, -0.15) is 0 Å². The van der Waals surface area contributed by atoms with E-state index in [-0.39, 0.29) is 12.0 Å². The van der Waals surface area contributed by atoms with Crippen molar-refractivity contribution in [2.24, 2.45) is 0 Å². The number of nitrogens with zero attached hydrogens (tertiary/aromatic N) is 2. The second kappa shape index (κ2) is 5.38. The maximum atomic E-state index is 12.4. The number of aliphatic hydroxyl groups excluding tert-OH is 1. The van der Waals surface area contributed by atoms with Crippen LogP contribution >= 0.6 is 11.3 Å². The van der Waals surface area contributed by atoms with Crippen molar-refractivity contribution >= 4 is 17.2 Å². The second-order valence-electron chi connectivity index (χ2n) is 5.08. The number of carbonyl (C=O) groups excluding carboxylic acids is 1. The molecule has 3 heterocycles.